The third-order valence-corrected chi connectivity index (χ3v) is 4.92. The van der Waals surface area contributed by atoms with E-state index in [1.165, 1.54) is 0 Å². The minimum absolute atomic E-state index is 0.157. The van der Waals surface area contributed by atoms with E-state index in [9.17, 15) is 38.7 Å². The Balaban J connectivity index is 2.81. The lowest BCUT2D eigenvalue weighted by molar-refractivity contribution is -0.143. The van der Waals surface area contributed by atoms with Gasteiger partial charge in [-0.1, -0.05) is 0 Å². The predicted octanol–water partition coefficient (Wildman–Crippen LogP) is -4.88. The Labute approximate surface area is 199 Å². The lowest BCUT2D eigenvalue weighted by Crippen LogP contribution is -2.56. The van der Waals surface area contributed by atoms with Gasteiger partial charge in [0.05, 0.1) is 25.1 Å². The second-order valence-electron chi connectivity index (χ2n) is 7.92. The smallest absolute Gasteiger partial charge is 0.325 e. The number of nitrogens with one attached hydrogen (secondary N) is 5. The number of carbonyl (C=O) groups is 7. The number of rotatable bonds is 14. The van der Waals surface area contributed by atoms with Gasteiger partial charge in [0.1, 0.15) is 18.1 Å². The number of primary amides is 1. The molecule has 16 heteroatoms. The summed E-state index contributed by atoms with van der Waals surface area (Å²) in [6.07, 6.45) is -2.08. The van der Waals surface area contributed by atoms with Gasteiger partial charge in [0.2, 0.25) is 29.5 Å². The van der Waals surface area contributed by atoms with E-state index < -0.39 is 84.7 Å². The molecule has 1 aliphatic rings. The van der Waals surface area contributed by atoms with E-state index in [2.05, 4.69) is 21.3 Å². The van der Waals surface area contributed by atoms with E-state index in [1.807, 2.05) is 5.32 Å². The van der Waals surface area contributed by atoms with E-state index in [1.54, 1.807) is 0 Å². The first-order chi connectivity index (χ1) is 16.3. The van der Waals surface area contributed by atoms with Crippen LogP contribution in [0.15, 0.2) is 0 Å². The number of nitrogens with two attached hydrogens (primary N) is 1. The largest absolute Gasteiger partial charge is 0.481 e. The van der Waals surface area contributed by atoms with Crippen molar-refractivity contribution in [1.82, 2.24) is 26.6 Å². The highest BCUT2D eigenvalue weighted by atomic mass is 16.4. The molecule has 10 N–H and O–H groups in total. The minimum Gasteiger partial charge on any atom is -0.481 e. The number of aliphatic carboxylic acids is 2. The molecule has 0 aliphatic carbocycles. The Morgan fingerprint density at radius 2 is 1.63 bits per heavy atom. The fraction of sp³-hybridized carbons (Fsp3) is 0.632. The summed E-state index contributed by atoms with van der Waals surface area (Å²) in [5.74, 6) is -7.17. The molecule has 5 amide bonds. The van der Waals surface area contributed by atoms with Crippen LogP contribution in [0.4, 0.5) is 0 Å². The van der Waals surface area contributed by atoms with Crippen LogP contribution in [0.5, 0.6) is 0 Å². The lowest BCUT2D eigenvalue weighted by Gasteiger charge is -2.23. The summed E-state index contributed by atoms with van der Waals surface area (Å²) in [7, 11) is 0. The number of aliphatic hydroxyl groups is 1. The van der Waals surface area contributed by atoms with E-state index in [4.69, 9.17) is 15.9 Å². The molecule has 1 heterocycles. The highest BCUT2D eigenvalue weighted by Crippen LogP contribution is 2.06. The van der Waals surface area contributed by atoms with Gasteiger partial charge in [-0.25, -0.2) is 0 Å². The average Bonchev–Trinajstić information content (AvgIpc) is 3.20. The van der Waals surface area contributed by atoms with Crippen molar-refractivity contribution in [3.8, 4) is 0 Å². The molecule has 16 nitrogen and oxygen atoms in total. The summed E-state index contributed by atoms with van der Waals surface area (Å²) >= 11 is 0. The number of carboxylic acids is 2. The first kappa shape index (κ1) is 29.2. The van der Waals surface area contributed by atoms with Crippen LogP contribution in [0, 0.1) is 0 Å². The third kappa shape index (κ3) is 10.8. The number of aliphatic hydroxyl groups excluding tert-OH is 1. The van der Waals surface area contributed by atoms with Crippen LogP contribution >= 0.6 is 0 Å². The molecule has 0 aromatic carbocycles. The van der Waals surface area contributed by atoms with Crippen molar-refractivity contribution in [2.24, 2.45) is 5.73 Å². The molecule has 0 aromatic rings. The molecule has 0 bridgehead atoms. The number of carbonyl (C=O) groups excluding carboxylic acids is 5. The molecule has 0 unspecified atom stereocenters. The number of amides is 5. The number of β-amino-alcohol motifs (C(OH)–C–C–N with tert-alkyl or cyclic N) is 1. The zero-order valence-corrected chi connectivity index (χ0v) is 18.9. The summed E-state index contributed by atoms with van der Waals surface area (Å²) in [5, 5.41) is 38.9. The Morgan fingerprint density at radius 3 is 2.14 bits per heavy atom. The van der Waals surface area contributed by atoms with Crippen LogP contribution in [0.1, 0.15) is 32.6 Å². The van der Waals surface area contributed by atoms with Crippen LogP contribution < -0.4 is 32.3 Å². The highest BCUT2D eigenvalue weighted by molar-refractivity contribution is 5.96. The van der Waals surface area contributed by atoms with Gasteiger partial charge in [-0.15, -0.1) is 0 Å². The molecule has 0 spiro atoms. The van der Waals surface area contributed by atoms with Gasteiger partial charge in [0.15, 0.2) is 0 Å². The molecular formula is C19H30N6O10. The molecule has 1 fully saturated rings. The highest BCUT2D eigenvalue weighted by Gasteiger charge is 2.31. The van der Waals surface area contributed by atoms with E-state index in [0.29, 0.717) is 0 Å². The first-order valence-electron chi connectivity index (χ1n) is 10.6. The maximum atomic E-state index is 12.7. The molecule has 5 atom stereocenters. The maximum Gasteiger partial charge on any atom is 0.325 e. The number of carboxylic acid groups (broad SMARTS) is 2. The molecule has 0 radical (unpaired) electrons. The SMILES string of the molecule is C[C@H](NC(=O)[C@H](CC(=O)O)NC(=O)[C@H](CCC(N)=O)NC(=O)CNC(=O)[C@@H]1C[C@@H](O)CN1)C(=O)O. The van der Waals surface area contributed by atoms with Gasteiger partial charge >= 0.3 is 11.9 Å². The fourth-order valence-corrected chi connectivity index (χ4v) is 3.04. The van der Waals surface area contributed by atoms with Crippen molar-refractivity contribution in [2.75, 3.05) is 13.1 Å². The standard InChI is InChI=1S/C19H30N6O10/c1-8(19(34)35)23-18(33)12(5-15(29)30)25-17(32)10(2-3-13(20)27)24-14(28)7-22-16(31)11-4-9(26)6-21-11/h8-12,21,26H,2-7H2,1H3,(H2,20,27)(H,22,31)(H,23,33)(H,24,28)(H,25,32)(H,29,30)(H,34,35)/t8-,9+,10-,11-,12-/m0/s1. The van der Waals surface area contributed by atoms with Crippen LogP contribution in [0.3, 0.4) is 0 Å². The van der Waals surface area contributed by atoms with Gasteiger partial charge in [-0.3, -0.25) is 33.6 Å². The molecular weight excluding hydrogens is 472 g/mol. The Kier molecular flexibility index (Phi) is 11.5. The molecule has 35 heavy (non-hydrogen) atoms. The number of hydrogen-bond acceptors (Lipinski definition) is 9. The second-order valence-corrected chi connectivity index (χ2v) is 7.92. The van der Waals surface area contributed by atoms with Gasteiger partial charge in [-0.05, 0) is 19.8 Å². The van der Waals surface area contributed by atoms with E-state index in [-0.39, 0.29) is 25.8 Å². The van der Waals surface area contributed by atoms with Crippen molar-refractivity contribution >= 4 is 41.5 Å². The van der Waals surface area contributed by atoms with Crippen LogP contribution in [-0.4, -0.2) is 100 Å². The average molecular weight is 502 g/mol. The van der Waals surface area contributed by atoms with Crippen LogP contribution in [0.25, 0.3) is 0 Å². The van der Waals surface area contributed by atoms with Crippen molar-refractivity contribution in [1.29, 1.82) is 0 Å². The lowest BCUT2D eigenvalue weighted by atomic mass is 10.1. The summed E-state index contributed by atoms with van der Waals surface area (Å²) in [6.45, 7) is 0.796. The minimum atomic E-state index is -1.69. The van der Waals surface area contributed by atoms with Crippen LogP contribution in [0.2, 0.25) is 0 Å². The Morgan fingerprint density at radius 1 is 1.00 bits per heavy atom. The molecule has 0 aromatic heterocycles. The van der Waals surface area contributed by atoms with Crippen molar-refractivity contribution in [3.63, 3.8) is 0 Å². The molecule has 196 valence electrons. The van der Waals surface area contributed by atoms with E-state index in [0.717, 1.165) is 6.92 Å². The third-order valence-electron chi connectivity index (χ3n) is 4.92. The van der Waals surface area contributed by atoms with Gasteiger partial charge in [-0.2, -0.15) is 0 Å². The van der Waals surface area contributed by atoms with Crippen LogP contribution in [-0.2, 0) is 33.6 Å². The maximum absolute atomic E-state index is 12.7. The molecule has 1 aliphatic heterocycles. The summed E-state index contributed by atoms with van der Waals surface area (Å²) in [4.78, 5) is 82.5. The monoisotopic (exact) mass is 502 g/mol. The normalized spacial score (nSPS) is 19.5. The van der Waals surface area contributed by atoms with Gasteiger partial charge < -0.3 is 47.6 Å². The summed E-state index contributed by atoms with van der Waals surface area (Å²) in [6, 6.07) is -5.19. The zero-order valence-electron chi connectivity index (χ0n) is 18.9. The van der Waals surface area contributed by atoms with Gasteiger partial charge in [0, 0.05) is 13.0 Å². The molecule has 0 saturated carbocycles. The van der Waals surface area contributed by atoms with Crippen molar-refractivity contribution in [3.05, 3.63) is 0 Å². The van der Waals surface area contributed by atoms with Gasteiger partial charge in [0.25, 0.3) is 0 Å². The summed E-state index contributed by atoms with van der Waals surface area (Å²) < 4.78 is 0. The molecule has 1 saturated heterocycles. The second kappa shape index (κ2) is 13.8. The Bertz CT molecular complexity index is 850. The topological polar surface area (TPSA) is 266 Å². The zero-order chi connectivity index (χ0) is 26.7. The van der Waals surface area contributed by atoms with E-state index >= 15 is 0 Å². The first-order valence-corrected chi connectivity index (χ1v) is 10.6. The summed E-state index contributed by atoms with van der Waals surface area (Å²) in [5.41, 5.74) is 5.08. The quantitative estimate of drug-likeness (QED) is 0.109. The Hall–Kier alpha value is -3.79. The van der Waals surface area contributed by atoms with Crippen molar-refractivity contribution < 1.29 is 48.9 Å². The predicted molar refractivity (Wildman–Crippen MR) is 115 cm³/mol. The van der Waals surface area contributed by atoms with Crippen molar-refractivity contribution in [2.45, 2.75) is 62.9 Å². The molecule has 1 rings (SSSR count). The number of hydrogen-bond donors (Lipinski definition) is 9. The fourth-order valence-electron chi connectivity index (χ4n) is 3.04.